The predicted octanol–water partition coefficient (Wildman–Crippen LogP) is 0.915. The Bertz CT molecular complexity index is 237. The lowest BCUT2D eigenvalue weighted by Crippen LogP contribution is -2.52. The van der Waals surface area contributed by atoms with Crippen LogP contribution >= 0.6 is 11.8 Å². The number of thioether (sulfide) groups is 1. The third-order valence-corrected chi connectivity index (χ3v) is 4.39. The molecule has 1 fully saturated rings. The smallest absolute Gasteiger partial charge is 0.325 e. The largest absolute Gasteiger partial charge is 0.468 e. The first-order valence-electron chi connectivity index (χ1n) is 5.72. The van der Waals surface area contributed by atoms with E-state index in [0.717, 1.165) is 31.4 Å². The molecular weight excluding hydrogens is 226 g/mol. The van der Waals surface area contributed by atoms with Crippen molar-refractivity contribution < 1.29 is 14.6 Å². The summed E-state index contributed by atoms with van der Waals surface area (Å²) in [6, 6.07) is 0. The minimum Gasteiger partial charge on any atom is -0.468 e. The third-order valence-electron chi connectivity index (χ3n) is 2.99. The van der Waals surface area contributed by atoms with Gasteiger partial charge in [0, 0.05) is 11.9 Å². The zero-order valence-electron chi connectivity index (χ0n) is 9.78. The zero-order valence-corrected chi connectivity index (χ0v) is 10.6. The molecule has 94 valence electrons. The lowest BCUT2D eigenvalue weighted by atomic mass is 9.82. The molecule has 0 saturated heterocycles. The molecule has 4 nitrogen and oxygen atoms in total. The number of ether oxygens (including phenoxy) is 1. The van der Waals surface area contributed by atoms with Crippen LogP contribution in [0.5, 0.6) is 0 Å². The number of rotatable bonds is 5. The SMILES string of the molecule is COC(=O)C1(N)CCCC(SCCCO)C1. The summed E-state index contributed by atoms with van der Waals surface area (Å²) < 4.78 is 4.75. The number of nitrogens with two attached hydrogens (primary N) is 1. The van der Waals surface area contributed by atoms with Crippen molar-refractivity contribution >= 4 is 17.7 Å². The molecule has 0 bridgehead atoms. The topological polar surface area (TPSA) is 72.5 Å². The highest BCUT2D eigenvalue weighted by Gasteiger charge is 2.40. The van der Waals surface area contributed by atoms with Crippen LogP contribution in [0.4, 0.5) is 0 Å². The molecule has 16 heavy (non-hydrogen) atoms. The van der Waals surface area contributed by atoms with Crippen LogP contribution < -0.4 is 5.73 Å². The molecule has 0 aromatic carbocycles. The molecule has 0 spiro atoms. The highest BCUT2D eigenvalue weighted by Crippen LogP contribution is 2.34. The van der Waals surface area contributed by atoms with Gasteiger partial charge in [-0.3, -0.25) is 4.79 Å². The highest BCUT2D eigenvalue weighted by atomic mass is 32.2. The van der Waals surface area contributed by atoms with Gasteiger partial charge in [-0.05, 0) is 37.9 Å². The maximum Gasteiger partial charge on any atom is 0.325 e. The van der Waals surface area contributed by atoms with Crippen LogP contribution in [0.15, 0.2) is 0 Å². The molecule has 5 heteroatoms. The standard InChI is InChI=1S/C11H21NO3S/c1-15-10(14)11(12)5-2-4-9(8-11)16-7-3-6-13/h9,13H,2-8,12H2,1H3. The van der Waals surface area contributed by atoms with Gasteiger partial charge >= 0.3 is 5.97 Å². The summed E-state index contributed by atoms with van der Waals surface area (Å²) >= 11 is 1.80. The van der Waals surface area contributed by atoms with Gasteiger partial charge in [0.25, 0.3) is 0 Å². The van der Waals surface area contributed by atoms with E-state index >= 15 is 0 Å². The van der Waals surface area contributed by atoms with Gasteiger partial charge in [0.2, 0.25) is 0 Å². The van der Waals surface area contributed by atoms with Crippen molar-refractivity contribution in [1.82, 2.24) is 0 Å². The number of esters is 1. The molecule has 0 radical (unpaired) electrons. The summed E-state index contributed by atoms with van der Waals surface area (Å²) in [4.78, 5) is 11.6. The van der Waals surface area contributed by atoms with Gasteiger partial charge in [0.05, 0.1) is 7.11 Å². The summed E-state index contributed by atoms with van der Waals surface area (Å²) in [7, 11) is 1.39. The van der Waals surface area contributed by atoms with Gasteiger partial charge in [-0.25, -0.2) is 0 Å². The number of carbonyl (C=O) groups excluding carboxylic acids is 1. The maximum absolute atomic E-state index is 11.6. The van der Waals surface area contributed by atoms with E-state index in [1.807, 2.05) is 0 Å². The van der Waals surface area contributed by atoms with E-state index in [9.17, 15) is 4.79 Å². The highest BCUT2D eigenvalue weighted by molar-refractivity contribution is 7.99. The van der Waals surface area contributed by atoms with Crippen LogP contribution in [-0.2, 0) is 9.53 Å². The molecule has 1 rings (SSSR count). The second-order valence-corrected chi connectivity index (χ2v) is 5.72. The normalized spacial score (nSPS) is 30.1. The van der Waals surface area contributed by atoms with E-state index in [4.69, 9.17) is 15.6 Å². The fraction of sp³-hybridized carbons (Fsp3) is 0.909. The van der Waals surface area contributed by atoms with E-state index < -0.39 is 5.54 Å². The lowest BCUT2D eigenvalue weighted by molar-refractivity contribution is -0.148. The van der Waals surface area contributed by atoms with Crippen molar-refractivity contribution in [1.29, 1.82) is 0 Å². The van der Waals surface area contributed by atoms with E-state index in [2.05, 4.69) is 0 Å². The van der Waals surface area contributed by atoms with Gasteiger partial charge in [-0.2, -0.15) is 11.8 Å². The maximum atomic E-state index is 11.6. The van der Waals surface area contributed by atoms with Gasteiger partial charge in [-0.15, -0.1) is 0 Å². The van der Waals surface area contributed by atoms with Gasteiger partial charge in [0.15, 0.2) is 0 Å². The minimum atomic E-state index is -0.788. The number of carbonyl (C=O) groups is 1. The molecule has 1 saturated carbocycles. The lowest BCUT2D eigenvalue weighted by Gasteiger charge is -2.35. The molecule has 3 N–H and O–H groups in total. The quantitative estimate of drug-likeness (QED) is 0.558. The first kappa shape index (κ1) is 13.8. The average molecular weight is 247 g/mol. The van der Waals surface area contributed by atoms with Gasteiger partial charge in [0.1, 0.15) is 5.54 Å². The molecular formula is C11H21NO3S. The van der Waals surface area contributed by atoms with Crippen LogP contribution in [0.3, 0.4) is 0 Å². The molecule has 0 aliphatic heterocycles. The minimum absolute atomic E-state index is 0.227. The number of hydrogen-bond donors (Lipinski definition) is 2. The van der Waals surface area contributed by atoms with Crippen LogP contribution in [0.1, 0.15) is 32.1 Å². The van der Waals surface area contributed by atoms with E-state index in [1.54, 1.807) is 11.8 Å². The summed E-state index contributed by atoms with van der Waals surface area (Å²) in [5.74, 6) is 0.637. The summed E-state index contributed by atoms with van der Waals surface area (Å²) in [5.41, 5.74) is 5.28. The molecule has 0 aromatic heterocycles. The van der Waals surface area contributed by atoms with Crippen LogP contribution in [0.25, 0.3) is 0 Å². The monoisotopic (exact) mass is 247 g/mol. The van der Waals surface area contributed by atoms with Crippen LogP contribution in [-0.4, -0.2) is 41.3 Å². The molecule has 0 aromatic rings. The predicted molar refractivity (Wildman–Crippen MR) is 65.4 cm³/mol. The average Bonchev–Trinajstić information content (AvgIpc) is 2.28. The fourth-order valence-electron chi connectivity index (χ4n) is 2.10. The summed E-state index contributed by atoms with van der Waals surface area (Å²) in [5, 5.41) is 9.13. The number of aliphatic hydroxyl groups is 1. The van der Waals surface area contributed by atoms with E-state index in [1.165, 1.54) is 7.11 Å². The third kappa shape index (κ3) is 3.64. The number of methoxy groups -OCH3 is 1. The van der Waals surface area contributed by atoms with Crippen molar-refractivity contribution in [3.63, 3.8) is 0 Å². The Morgan fingerprint density at radius 1 is 1.69 bits per heavy atom. The first-order valence-corrected chi connectivity index (χ1v) is 6.77. The van der Waals surface area contributed by atoms with Gasteiger partial charge in [-0.1, -0.05) is 0 Å². The molecule has 1 aliphatic rings. The van der Waals surface area contributed by atoms with Crippen molar-refractivity contribution in [3.05, 3.63) is 0 Å². The second kappa shape index (κ2) is 6.47. The molecule has 1 aliphatic carbocycles. The molecule has 0 heterocycles. The Morgan fingerprint density at radius 2 is 2.44 bits per heavy atom. The van der Waals surface area contributed by atoms with Crippen molar-refractivity contribution in [2.75, 3.05) is 19.5 Å². The van der Waals surface area contributed by atoms with Gasteiger partial charge < -0.3 is 15.6 Å². The summed E-state index contributed by atoms with van der Waals surface area (Å²) in [6.07, 6.45) is 4.29. The zero-order chi connectivity index (χ0) is 12.0. The number of hydrogen-bond acceptors (Lipinski definition) is 5. The van der Waals surface area contributed by atoms with E-state index in [-0.39, 0.29) is 12.6 Å². The molecule has 2 atom stereocenters. The summed E-state index contributed by atoms with van der Waals surface area (Å²) in [6.45, 7) is 0.227. The Kier molecular flexibility index (Phi) is 5.58. The van der Waals surface area contributed by atoms with Crippen LogP contribution in [0.2, 0.25) is 0 Å². The van der Waals surface area contributed by atoms with Crippen molar-refractivity contribution in [2.45, 2.75) is 42.9 Å². The molecule has 0 amide bonds. The van der Waals surface area contributed by atoms with Crippen molar-refractivity contribution in [3.8, 4) is 0 Å². The Labute approximate surface area is 101 Å². The van der Waals surface area contributed by atoms with Crippen LogP contribution in [0, 0.1) is 0 Å². The second-order valence-electron chi connectivity index (χ2n) is 4.31. The van der Waals surface area contributed by atoms with E-state index in [0.29, 0.717) is 11.7 Å². The van der Waals surface area contributed by atoms with Crippen molar-refractivity contribution in [2.24, 2.45) is 5.73 Å². The number of aliphatic hydroxyl groups excluding tert-OH is 1. The Hall–Kier alpha value is -0.260. The molecule has 2 unspecified atom stereocenters. The Morgan fingerprint density at radius 3 is 3.06 bits per heavy atom. The first-order chi connectivity index (χ1) is 7.62. The Balaban J connectivity index is 2.43. The fourth-order valence-corrected chi connectivity index (χ4v) is 3.48.